The Kier molecular flexibility index (Phi) is 1.46. The molecule has 0 aliphatic carbocycles. The lowest BCUT2D eigenvalue weighted by Crippen LogP contribution is -2.19. The Morgan fingerprint density at radius 3 is 1.92 bits per heavy atom. The van der Waals surface area contributed by atoms with Gasteiger partial charge in [-0.1, -0.05) is 12.1 Å². The summed E-state index contributed by atoms with van der Waals surface area (Å²) in [6, 6.07) is 6.76. The third kappa shape index (κ3) is 1.01. The molecule has 60 valence electrons. The zero-order chi connectivity index (χ0) is 8.55. The predicted octanol–water partition coefficient (Wildman–Crippen LogP) is 1.01. The van der Waals surface area contributed by atoms with Crippen LogP contribution in [0.25, 0.3) is 0 Å². The third-order valence-electron chi connectivity index (χ3n) is 1.50. The lowest BCUT2D eigenvalue weighted by atomic mass is 10.3. The Hall–Kier alpha value is -1.58. The van der Waals surface area contributed by atoms with E-state index >= 15 is 0 Å². The van der Waals surface area contributed by atoms with Crippen molar-refractivity contribution in [2.24, 2.45) is 9.98 Å². The number of halogens is 2. The molecule has 0 saturated carbocycles. The second kappa shape index (κ2) is 2.48. The highest BCUT2D eigenvalue weighted by atomic mass is 19.3. The minimum Gasteiger partial charge on any atom is -0.222 e. The fraction of sp³-hybridized carbons (Fsp3) is 0. The summed E-state index contributed by atoms with van der Waals surface area (Å²) in [6.07, 6.45) is -1.84. The molecule has 0 spiro atoms. The maximum Gasteiger partial charge on any atom is 0.314 e. The van der Waals surface area contributed by atoms with Gasteiger partial charge in [0.2, 0.25) is 5.82 Å². The van der Waals surface area contributed by atoms with Crippen LogP contribution in [0.4, 0.5) is 8.78 Å². The lowest BCUT2D eigenvalue weighted by Gasteiger charge is -1.80. The molecule has 1 aliphatic rings. The molecular formula is C8H4F2N2. The first kappa shape index (κ1) is 7.09. The largest absolute Gasteiger partial charge is 0.314 e. The average Bonchev–Trinajstić information content (AvgIpc) is 2.46. The minimum absolute atomic E-state index is 0.476. The second-order valence-corrected chi connectivity index (χ2v) is 2.30. The summed E-state index contributed by atoms with van der Waals surface area (Å²) >= 11 is 0. The van der Waals surface area contributed by atoms with Crippen LogP contribution in [0.15, 0.2) is 46.2 Å². The van der Waals surface area contributed by atoms with E-state index in [-0.39, 0.29) is 0 Å². The van der Waals surface area contributed by atoms with E-state index in [1.165, 1.54) is 0 Å². The van der Waals surface area contributed by atoms with E-state index in [9.17, 15) is 8.78 Å². The van der Waals surface area contributed by atoms with Crippen LogP contribution in [0, 0.1) is 0 Å². The molecule has 12 heavy (non-hydrogen) atoms. The smallest absolute Gasteiger partial charge is 0.222 e. The number of benzene rings is 1. The van der Waals surface area contributed by atoms with Crippen molar-refractivity contribution in [3.05, 3.63) is 46.9 Å². The van der Waals surface area contributed by atoms with Gasteiger partial charge in [-0.15, -0.1) is 0 Å². The Morgan fingerprint density at radius 2 is 1.50 bits per heavy atom. The van der Waals surface area contributed by atoms with E-state index in [2.05, 4.69) is 9.98 Å². The first-order valence-electron chi connectivity index (χ1n) is 3.35. The summed E-state index contributed by atoms with van der Waals surface area (Å²) in [5.41, 5.74) is 0. The predicted molar refractivity (Wildman–Crippen MR) is 38.0 cm³/mol. The molecule has 1 aliphatic heterocycles. The van der Waals surface area contributed by atoms with E-state index in [4.69, 9.17) is 0 Å². The molecule has 0 atom stereocenters. The summed E-state index contributed by atoms with van der Waals surface area (Å²) in [5.74, 6) is -0.476. The third-order valence-corrected chi connectivity index (χ3v) is 1.50. The van der Waals surface area contributed by atoms with Gasteiger partial charge in [0.05, 0.1) is 10.7 Å². The van der Waals surface area contributed by atoms with Crippen LogP contribution in [0.5, 0.6) is 0 Å². The standard InChI is InChI=1S/C8H4F2N2/c9-7(10)8-11-5-3-1-2-4-6(5)12-8/h1-4H. The second-order valence-electron chi connectivity index (χ2n) is 2.30. The maximum atomic E-state index is 12.0. The zero-order valence-corrected chi connectivity index (χ0v) is 5.96. The van der Waals surface area contributed by atoms with Gasteiger partial charge in [0, 0.05) is 0 Å². The number of hydrogen-bond donors (Lipinski definition) is 0. The molecule has 2 nitrogen and oxygen atoms in total. The number of nitrogens with zero attached hydrogens (tertiary/aromatic N) is 2. The molecule has 1 aromatic carbocycles. The van der Waals surface area contributed by atoms with Gasteiger partial charge in [0.1, 0.15) is 0 Å². The summed E-state index contributed by atoms with van der Waals surface area (Å²) in [4.78, 5) is 7.23. The van der Waals surface area contributed by atoms with E-state index < -0.39 is 11.9 Å². The van der Waals surface area contributed by atoms with Gasteiger partial charge >= 0.3 is 6.08 Å². The molecule has 0 saturated heterocycles. The highest BCUT2D eigenvalue weighted by molar-refractivity contribution is 5.12. The number of hydrogen-bond acceptors (Lipinski definition) is 2. The molecule has 1 aromatic rings. The molecule has 1 heterocycles. The number of para-hydroxylation sites is 2. The normalized spacial score (nSPS) is 13.3. The van der Waals surface area contributed by atoms with Crippen molar-refractivity contribution in [1.29, 1.82) is 0 Å². The van der Waals surface area contributed by atoms with Crippen LogP contribution in [0.2, 0.25) is 0 Å². The van der Waals surface area contributed by atoms with Crippen molar-refractivity contribution in [1.82, 2.24) is 0 Å². The lowest BCUT2D eigenvalue weighted by molar-refractivity contribution is 0.409. The van der Waals surface area contributed by atoms with E-state index in [1.54, 1.807) is 24.3 Å². The van der Waals surface area contributed by atoms with Gasteiger partial charge in [-0.05, 0) is 12.1 Å². The van der Waals surface area contributed by atoms with Gasteiger partial charge in [-0.2, -0.15) is 8.78 Å². The Labute approximate surface area is 66.6 Å². The van der Waals surface area contributed by atoms with Crippen LogP contribution in [-0.2, 0) is 0 Å². The van der Waals surface area contributed by atoms with Crippen molar-refractivity contribution in [3.8, 4) is 0 Å². The molecule has 0 aromatic heterocycles. The zero-order valence-electron chi connectivity index (χ0n) is 5.96. The van der Waals surface area contributed by atoms with Crippen LogP contribution in [0.3, 0.4) is 0 Å². The van der Waals surface area contributed by atoms with Gasteiger partial charge in [-0.3, -0.25) is 0 Å². The summed E-state index contributed by atoms with van der Waals surface area (Å²) in [6.45, 7) is 0. The Balaban J connectivity index is 2.77. The van der Waals surface area contributed by atoms with Crippen LogP contribution < -0.4 is 10.7 Å². The summed E-state index contributed by atoms with van der Waals surface area (Å²) < 4.78 is 24.0. The fourth-order valence-corrected chi connectivity index (χ4v) is 0.991. The quantitative estimate of drug-likeness (QED) is 0.549. The highest BCUT2D eigenvalue weighted by Crippen LogP contribution is 2.10. The SMILES string of the molecule is FC(F)=C1N=c2ccccc2=N1. The van der Waals surface area contributed by atoms with Crippen molar-refractivity contribution in [2.45, 2.75) is 0 Å². The van der Waals surface area contributed by atoms with Crippen molar-refractivity contribution >= 4 is 0 Å². The monoisotopic (exact) mass is 166 g/mol. The molecule has 0 fully saturated rings. The molecule has 0 unspecified atom stereocenters. The van der Waals surface area contributed by atoms with Gasteiger partial charge < -0.3 is 0 Å². The maximum absolute atomic E-state index is 12.0. The molecule has 0 radical (unpaired) electrons. The van der Waals surface area contributed by atoms with Crippen LogP contribution in [-0.4, -0.2) is 0 Å². The topological polar surface area (TPSA) is 24.7 Å². The molecule has 2 rings (SSSR count). The molecule has 4 heteroatoms. The molecule has 0 amide bonds. The minimum atomic E-state index is -1.84. The molecule has 0 bridgehead atoms. The summed E-state index contributed by atoms with van der Waals surface area (Å²) in [5, 5.41) is 1.00. The number of fused-ring (bicyclic) bond motifs is 1. The number of rotatable bonds is 0. The fourth-order valence-electron chi connectivity index (χ4n) is 0.991. The first-order valence-corrected chi connectivity index (χ1v) is 3.35. The van der Waals surface area contributed by atoms with Crippen LogP contribution in [0.1, 0.15) is 0 Å². The van der Waals surface area contributed by atoms with Crippen molar-refractivity contribution in [2.75, 3.05) is 0 Å². The van der Waals surface area contributed by atoms with E-state index in [0.717, 1.165) is 0 Å². The average molecular weight is 166 g/mol. The van der Waals surface area contributed by atoms with Gasteiger partial charge in [-0.25, -0.2) is 9.98 Å². The van der Waals surface area contributed by atoms with Crippen LogP contribution >= 0.6 is 0 Å². The Morgan fingerprint density at radius 1 is 1.00 bits per heavy atom. The summed E-state index contributed by atoms with van der Waals surface area (Å²) in [7, 11) is 0. The molecular weight excluding hydrogens is 162 g/mol. The molecule has 0 N–H and O–H groups in total. The first-order chi connectivity index (χ1) is 5.77. The highest BCUT2D eigenvalue weighted by Gasteiger charge is 2.07. The van der Waals surface area contributed by atoms with Gasteiger partial charge in [0.15, 0.2) is 0 Å². The Bertz CT molecular complexity index is 421. The van der Waals surface area contributed by atoms with Crippen molar-refractivity contribution in [3.63, 3.8) is 0 Å². The van der Waals surface area contributed by atoms with Crippen molar-refractivity contribution < 1.29 is 8.78 Å². The van der Waals surface area contributed by atoms with E-state index in [0.29, 0.717) is 10.7 Å². The van der Waals surface area contributed by atoms with Gasteiger partial charge in [0.25, 0.3) is 0 Å². The van der Waals surface area contributed by atoms with E-state index in [1.807, 2.05) is 0 Å².